The second-order valence-electron chi connectivity index (χ2n) is 7.48. The van der Waals surface area contributed by atoms with Crippen LogP contribution >= 0.6 is 11.6 Å². The Hall–Kier alpha value is -0.830. The lowest BCUT2D eigenvalue weighted by Gasteiger charge is -2.39. The number of anilines is 1. The van der Waals surface area contributed by atoms with Gasteiger partial charge in [-0.15, -0.1) is 0 Å². The molecular formula is C17H28ClN3. The van der Waals surface area contributed by atoms with Gasteiger partial charge in [-0.05, 0) is 38.0 Å². The van der Waals surface area contributed by atoms with Crippen LogP contribution in [0.5, 0.6) is 0 Å². The average molecular weight is 310 g/mol. The van der Waals surface area contributed by atoms with E-state index < -0.39 is 0 Å². The number of aromatic nitrogens is 2. The molecule has 118 valence electrons. The van der Waals surface area contributed by atoms with Gasteiger partial charge in [0.2, 0.25) is 0 Å². The lowest BCUT2D eigenvalue weighted by Crippen LogP contribution is -2.38. The molecule has 1 aromatic rings. The molecule has 1 heterocycles. The molecule has 1 aliphatic rings. The van der Waals surface area contributed by atoms with Gasteiger partial charge < -0.3 is 4.90 Å². The molecule has 1 saturated carbocycles. The molecule has 3 nitrogen and oxygen atoms in total. The van der Waals surface area contributed by atoms with Gasteiger partial charge >= 0.3 is 0 Å². The lowest BCUT2D eigenvalue weighted by atomic mass is 9.75. The maximum atomic E-state index is 6.31. The third-order valence-electron chi connectivity index (χ3n) is 4.78. The largest absolute Gasteiger partial charge is 0.356 e. The molecule has 1 aliphatic carbocycles. The molecule has 0 saturated heterocycles. The molecule has 2 rings (SSSR count). The third-order valence-corrected chi connectivity index (χ3v) is 5.15. The molecule has 0 aliphatic heterocycles. The minimum Gasteiger partial charge on any atom is -0.356 e. The summed E-state index contributed by atoms with van der Waals surface area (Å²) in [6.07, 6.45) is 5.00. The number of hydrogen-bond acceptors (Lipinski definition) is 3. The van der Waals surface area contributed by atoms with Gasteiger partial charge in [0, 0.05) is 24.6 Å². The van der Waals surface area contributed by atoms with E-state index in [1.54, 1.807) is 0 Å². The summed E-state index contributed by atoms with van der Waals surface area (Å²) < 4.78 is 0. The maximum Gasteiger partial charge on any atom is 0.137 e. The Labute approximate surface area is 134 Å². The molecule has 1 fully saturated rings. The third kappa shape index (κ3) is 3.68. The first-order chi connectivity index (χ1) is 9.71. The van der Waals surface area contributed by atoms with Gasteiger partial charge in [0.1, 0.15) is 16.8 Å². The quantitative estimate of drug-likeness (QED) is 0.738. The van der Waals surface area contributed by atoms with Crippen molar-refractivity contribution in [2.45, 2.75) is 72.3 Å². The summed E-state index contributed by atoms with van der Waals surface area (Å²) >= 11 is 6.31. The topological polar surface area (TPSA) is 29.0 Å². The van der Waals surface area contributed by atoms with Gasteiger partial charge in [0.25, 0.3) is 0 Å². The van der Waals surface area contributed by atoms with E-state index in [1.165, 1.54) is 25.7 Å². The van der Waals surface area contributed by atoms with Crippen molar-refractivity contribution in [3.8, 4) is 0 Å². The van der Waals surface area contributed by atoms with Crippen LogP contribution in [-0.2, 0) is 0 Å². The van der Waals surface area contributed by atoms with Gasteiger partial charge in [-0.2, -0.15) is 0 Å². The fourth-order valence-electron chi connectivity index (χ4n) is 3.04. The van der Waals surface area contributed by atoms with Crippen LogP contribution in [0.3, 0.4) is 0 Å². The molecule has 0 aromatic carbocycles. The number of rotatable bonds is 3. The maximum absolute atomic E-state index is 6.31. The predicted octanol–water partition coefficient (Wildman–Crippen LogP) is 4.97. The Morgan fingerprint density at radius 1 is 1.19 bits per heavy atom. The standard InChI is InChI=1S/C17H28ClN3/c1-11(2)15-19-14(18)12(3)16(20-15)21(6)13-7-9-17(4,5)10-8-13/h11,13H,7-10H2,1-6H3. The minimum atomic E-state index is 0.292. The Morgan fingerprint density at radius 3 is 2.29 bits per heavy atom. The first-order valence-electron chi connectivity index (χ1n) is 7.98. The average Bonchev–Trinajstić information content (AvgIpc) is 2.40. The molecule has 4 heteroatoms. The van der Waals surface area contributed by atoms with E-state index in [0.29, 0.717) is 22.5 Å². The monoisotopic (exact) mass is 309 g/mol. The van der Waals surface area contributed by atoms with Crippen LogP contribution in [0.15, 0.2) is 0 Å². The van der Waals surface area contributed by atoms with Crippen LogP contribution < -0.4 is 4.90 Å². The molecule has 0 amide bonds. The number of nitrogens with zero attached hydrogens (tertiary/aromatic N) is 3. The van der Waals surface area contributed by atoms with E-state index in [9.17, 15) is 0 Å². The summed E-state index contributed by atoms with van der Waals surface area (Å²) in [6, 6.07) is 0.558. The zero-order valence-corrected chi connectivity index (χ0v) is 15.0. The summed E-state index contributed by atoms with van der Waals surface area (Å²) in [5.74, 6) is 2.13. The van der Waals surface area contributed by atoms with Gasteiger partial charge in [0.15, 0.2) is 0 Å². The second-order valence-corrected chi connectivity index (χ2v) is 7.84. The van der Waals surface area contributed by atoms with E-state index in [2.05, 4.69) is 44.6 Å². The molecule has 1 aromatic heterocycles. The SMILES string of the molecule is Cc1c(Cl)nc(C(C)C)nc1N(C)C1CCC(C)(C)CC1. The van der Waals surface area contributed by atoms with Gasteiger partial charge in [-0.25, -0.2) is 9.97 Å². The molecule has 0 radical (unpaired) electrons. The minimum absolute atomic E-state index is 0.292. The van der Waals surface area contributed by atoms with Crippen molar-refractivity contribution in [3.05, 3.63) is 16.5 Å². The van der Waals surface area contributed by atoms with Crippen LogP contribution in [0.2, 0.25) is 5.15 Å². The normalized spacial score (nSPS) is 19.0. The zero-order valence-electron chi connectivity index (χ0n) is 14.2. The summed E-state index contributed by atoms with van der Waals surface area (Å²) in [5, 5.41) is 0.590. The predicted molar refractivity (Wildman–Crippen MR) is 90.3 cm³/mol. The van der Waals surface area contributed by atoms with Crippen molar-refractivity contribution in [2.24, 2.45) is 5.41 Å². The molecule has 0 unspecified atom stereocenters. The van der Waals surface area contributed by atoms with E-state index in [1.807, 2.05) is 6.92 Å². The Bertz CT molecular complexity index is 501. The van der Waals surface area contributed by atoms with E-state index in [4.69, 9.17) is 16.6 Å². The van der Waals surface area contributed by atoms with Crippen molar-refractivity contribution in [3.63, 3.8) is 0 Å². The van der Waals surface area contributed by atoms with Gasteiger partial charge in [0.05, 0.1) is 0 Å². The Balaban J connectivity index is 2.25. The van der Waals surface area contributed by atoms with Crippen molar-refractivity contribution >= 4 is 17.4 Å². The summed E-state index contributed by atoms with van der Waals surface area (Å²) in [4.78, 5) is 11.5. The number of hydrogen-bond donors (Lipinski definition) is 0. The highest BCUT2D eigenvalue weighted by Gasteiger charge is 2.30. The van der Waals surface area contributed by atoms with E-state index in [0.717, 1.165) is 17.2 Å². The highest BCUT2D eigenvalue weighted by molar-refractivity contribution is 6.30. The highest BCUT2D eigenvalue weighted by atomic mass is 35.5. The fourth-order valence-corrected chi connectivity index (χ4v) is 3.21. The molecular weight excluding hydrogens is 282 g/mol. The molecule has 0 spiro atoms. The molecule has 0 bridgehead atoms. The van der Waals surface area contributed by atoms with Crippen LogP contribution in [0.25, 0.3) is 0 Å². The smallest absolute Gasteiger partial charge is 0.137 e. The fraction of sp³-hybridized carbons (Fsp3) is 0.765. The Kier molecular flexibility index (Phi) is 4.82. The van der Waals surface area contributed by atoms with Crippen molar-refractivity contribution in [2.75, 3.05) is 11.9 Å². The molecule has 21 heavy (non-hydrogen) atoms. The number of halogens is 1. The highest BCUT2D eigenvalue weighted by Crippen LogP contribution is 2.38. The van der Waals surface area contributed by atoms with Crippen molar-refractivity contribution in [1.29, 1.82) is 0 Å². The van der Waals surface area contributed by atoms with Gasteiger partial charge in [-0.3, -0.25) is 0 Å². The first-order valence-corrected chi connectivity index (χ1v) is 8.36. The Morgan fingerprint density at radius 2 is 1.76 bits per heavy atom. The van der Waals surface area contributed by atoms with E-state index in [-0.39, 0.29) is 0 Å². The van der Waals surface area contributed by atoms with Crippen LogP contribution in [0.1, 0.15) is 70.7 Å². The zero-order chi connectivity index (χ0) is 15.8. The summed E-state index contributed by atoms with van der Waals surface area (Å²) in [7, 11) is 2.15. The van der Waals surface area contributed by atoms with Crippen LogP contribution in [-0.4, -0.2) is 23.1 Å². The molecule has 0 N–H and O–H groups in total. The van der Waals surface area contributed by atoms with E-state index >= 15 is 0 Å². The first kappa shape index (κ1) is 16.5. The summed E-state index contributed by atoms with van der Waals surface area (Å²) in [6.45, 7) is 11.0. The molecule has 0 atom stereocenters. The van der Waals surface area contributed by atoms with Gasteiger partial charge in [-0.1, -0.05) is 39.3 Å². The van der Waals surface area contributed by atoms with Crippen molar-refractivity contribution < 1.29 is 0 Å². The lowest BCUT2D eigenvalue weighted by molar-refractivity contribution is 0.222. The van der Waals surface area contributed by atoms with Crippen molar-refractivity contribution in [1.82, 2.24) is 9.97 Å². The summed E-state index contributed by atoms with van der Waals surface area (Å²) in [5.41, 5.74) is 1.48. The van der Waals surface area contributed by atoms with Crippen LogP contribution in [0, 0.1) is 12.3 Å². The van der Waals surface area contributed by atoms with Crippen LogP contribution in [0.4, 0.5) is 5.82 Å². The second kappa shape index (κ2) is 6.12.